The lowest BCUT2D eigenvalue weighted by molar-refractivity contribution is 0.302. The van der Waals surface area contributed by atoms with E-state index in [0.29, 0.717) is 6.61 Å². The van der Waals surface area contributed by atoms with E-state index in [0.717, 1.165) is 36.1 Å². The van der Waals surface area contributed by atoms with Crippen molar-refractivity contribution in [1.29, 1.82) is 0 Å². The van der Waals surface area contributed by atoms with Crippen LogP contribution in [0.2, 0.25) is 0 Å². The lowest BCUT2D eigenvalue weighted by atomic mass is 10.0. The van der Waals surface area contributed by atoms with E-state index >= 15 is 0 Å². The van der Waals surface area contributed by atoms with Crippen molar-refractivity contribution in [1.82, 2.24) is 9.97 Å². The molecule has 4 nitrogen and oxygen atoms in total. The predicted octanol–water partition coefficient (Wildman–Crippen LogP) is 2.78. The molecule has 0 amide bonds. The fourth-order valence-corrected chi connectivity index (χ4v) is 2.60. The summed E-state index contributed by atoms with van der Waals surface area (Å²) < 4.78 is 5.85. The van der Waals surface area contributed by atoms with Gasteiger partial charge in [0.25, 0.3) is 0 Å². The van der Waals surface area contributed by atoms with Crippen molar-refractivity contribution >= 4 is 5.82 Å². The van der Waals surface area contributed by atoms with Gasteiger partial charge in [-0.05, 0) is 30.4 Å². The topological polar surface area (TPSA) is 47.0 Å². The number of nitrogens with one attached hydrogen (secondary N) is 1. The number of aromatic nitrogens is 2. The van der Waals surface area contributed by atoms with Gasteiger partial charge in [-0.3, -0.25) is 0 Å². The third-order valence-corrected chi connectivity index (χ3v) is 3.99. The molecule has 0 radical (unpaired) electrons. The maximum Gasteiger partial charge on any atom is 0.133 e. The highest BCUT2D eigenvalue weighted by molar-refractivity contribution is 5.51. The van der Waals surface area contributed by atoms with Gasteiger partial charge in [0.05, 0.1) is 5.69 Å². The molecule has 1 saturated carbocycles. The zero-order valence-corrected chi connectivity index (χ0v) is 11.3. The Morgan fingerprint density at radius 3 is 3.00 bits per heavy atom. The van der Waals surface area contributed by atoms with Gasteiger partial charge < -0.3 is 10.1 Å². The summed E-state index contributed by atoms with van der Waals surface area (Å²) in [6.45, 7) is 1.54. The number of benzene rings is 1. The standard InChI is InChI=1S/C16H17N3O/c1-2-4-15-12(3-1)7-13-14(9-20-15)18-10-19-16(13)17-8-11-5-6-11/h1-4,10-11H,5-9H2,(H,17,18,19). The van der Waals surface area contributed by atoms with Gasteiger partial charge in [0, 0.05) is 18.5 Å². The molecule has 0 spiro atoms. The monoisotopic (exact) mass is 267 g/mol. The van der Waals surface area contributed by atoms with Crippen LogP contribution in [-0.4, -0.2) is 16.5 Å². The Bertz CT molecular complexity index is 637. The Hall–Kier alpha value is -2.10. The van der Waals surface area contributed by atoms with Crippen LogP contribution in [0, 0.1) is 5.92 Å². The number of fused-ring (bicyclic) bond motifs is 2. The zero-order valence-electron chi connectivity index (χ0n) is 11.3. The number of anilines is 1. The zero-order chi connectivity index (χ0) is 13.4. The molecule has 0 unspecified atom stereocenters. The van der Waals surface area contributed by atoms with Crippen LogP contribution in [0.5, 0.6) is 5.75 Å². The molecule has 1 N–H and O–H groups in total. The molecule has 2 aromatic rings. The lowest BCUT2D eigenvalue weighted by Gasteiger charge is -2.11. The second-order valence-electron chi connectivity index (χ2n) is 5.54. The first-order valence-electron chi connectivity index (χ1n) is 7.17. The van der Waals surface area contributed by atoms with E-state index in [9.17, 15) is 0 Å². The summed E-state index contributed by atoms with van der Waals surface area (Å²) >= 11 is 0. The van der Waals surface area contributed by atoms with Crippen LogP contribution in [0.25, 0.3) is 0 Å². The summed E-state index contributed by atoms with van der Waals surface area (Å²) in [6, 6.07) is 8.19. The molecule has 20 heavy (non-hydrogen) atoms. The molecule has 4 heteroatoms. The quantitative estimate of drug-likeness (QED) is 0.929. The maximum atomic E-state index is 5.85. The minimum absolute atomic E-state index is 0.521. The average Bonchev–Trinajstić information content (AvgIpc) is 3.31. The summed E-state index contributed by atoms with van der Waals surface area (Å²) in [5.41, 5.74) is 3.38. The second-order valence-corrected chi connectivity index (χ2v) is 5.54. The molecule has 1 fully saturated rings. The van der Waals surface area contributed by atoms with Crippen molar-refractivity contribution in [2.24, 2.45) is 5.92 Å². The first-order valence-corrected chi connectivity index (χ1v) is 7.17. The molecule has 1 aromatic carbocycles. The molecule has 0 saturated heterocycles. The van der Waals surface area contributed by atoms with Gasteiger partial charge in [0.1, 0.15) is 24.5 Å². The van der Waals surface area contributed by atoms with Gasteiger partial charge in [-0.1, -0.05) is 18.2 Å². The van der Waals surface area contributed by atoms with E-state index in [1.165, 1.54) is 24.0 Å². The normalized spacial score (nSPS) is 16.6. The molecule has 102 valence electrons. The SMILES string of the molecule is c1ccc2c(c1)Cc1c(ncnc1NCC1CC1)CO2. The van der Waals surface area contributed by atoms with Crippen LogP contribution in [0.1, 0.15) is 29.7 Å². The van der Waals surface area contributed by atoms with Crippen LogP contribution < -0.4 is 10.1 Å². The fraction of sp³-hybridized carbons (Fsp3) is 0.375. The van der Waals surface area contributed by atoms with Crippen molar-refractivity contribution in [2.75, 3.05) is 11.9 Å². The number of ether oxygens (including phenoxy) is 1. The lowest BCUT2D eigenvalue weighted by Crippen LogP contribution is -2.11. The van der Waals surface area contributed by atoms with Gasteiger partial charge in [-0.25, -0.2) is 9.97 Å². The van der Waals surface area contributed by atoms with Crippen molar-refractivity contribution in [3.63, 3.8) is 0 Å². The maximum absolute atomic E-state index is 5.85. The first kappa shape index (κ1) is 11.7. The van der Waals surface area contributed by atoms with E-state index in [4.69, 9.17) is 4.74 Å². The van der Waals surface area contributed by atoms with Crippen LogP contribution in [-0.2, 0) is 13.0 Å². The third kappa shape index (κ3) is 2.22. The highest BCUT2D eigenvalue weighted by Crippen LogP contribution is 2.32. The summed E-state index contributed by atoms with van der Waals surface area (Å²) in [7, 11) is 0. The predicted molar refractivity (Wildman–Crippen MR) is 76.8 cm³/mol. The van der Waals surface area contributed by atoms with Gasteiger partial charge >= 0.3 is 0 Å². The molecule has 0 atom stereocenters. The molecule has 2 heterocycles. The molecule has 1 aromatic heterocycles. The van der Waals surface area contributed by atoms with Crippen molar-refractivity contribution < 1.29 is 4.74 Å². The number of hydrogen-bond donors (Lipinski definition) is 1. The van der Waals surface area contributed by atoms with E-state index in [1.807, 2.05) is 18.2 Å². The van der Waals surface area contributed by atoms with Gasteiger partial charge in [-0.2, -0.15) is 0 Å². The molecular weight excluding hydrogens is 250 g/mol. The Morgan fingerprint density at radius 1 is 1.20 bits per heavy atom. The van der Waals surface area contributed by atoms with Crippen LogP contribution in [0.3, 0.4) is 0 Å². The van der Waals surface area contributed by atoms with Crippen LogP contribution >= 0.6 is 0 Å². The fourth-order valence-electron chi connectivity index (χ4n) is 2.60. The van der Waals surface area contributed by atoms with Crippen LogP contribution in [0.4, 0.5) is 5.82 Å². The molecule has 2 aliphatic rings. The van der Waals surface area contributed by atoms with Crippen molar-refractivity contribution in [3.05, 3.63) is 47.4 Å². The van der Waals surface area contributed by atoms with Gasteiger partial charge in [0.15, 0.2) is 0 Å². The highest BCUT2D eigenvalue weighted by Gasteiger charge is 2.23. The van der Waals surface area contributed by atoms with E-state index in [1.54, 1.807) is 6.33 Å². The Morgan fingerprint density at radius 2 is 2.10 bits per heavy atom. The van der Waals surface area contributed by atoms with Crippen molar-refractivity contribution in [2.45, 2.75) is 25.9 Å². The third-order valence-electron chi connectivity index (χ3n) is 3.99. The summed E-state index contributed by atoms with van der Waals surface area (Å²) in [5, 5.41) is 3.49. The van der Waals surface area contributed by atoms with E-state index < -0.39 is 0 Å². The largest absolute Gasteiger partial charge is 0.487 e. The number of rotatable bonds is 3. The van der Waals surface area contributed by atoms with E-state index in [-0.39, 0.29) is 0 Å². The number of nitrogens with zero attached hydrogens (tertiary/aromatic N) is 2. The number of hydrogen-bond acceptors (Lipinski definition) is 4. The minimum Gasteiger partial charge on any atom is -0.487 e. The van der Waals surface area contributed by atoms with Crippen molar-refractivity contribution in [3.8, 4) is 5.75 Å². The smallest absolute Gasteiger partial charge is 0.133 e. The van der Waals surface area contributed by atoms with Gasteiger partial charge in [-0.15, -0.1) is 0 Å². The molecule has 0 bridgehead atoms. The minimum atomic E-state index is 0.521. The Labute approximate surface area is 118 Å². The second kappa shape index (κ2) is 4.78. The molecular formula is C16H17N3O. The van der Waals surface area contributed by atoms with Gasteiger partial charge in [0.2, 0.25) is 0 Å². The summed E-state index contributed by atoms with van der Waals surface area (Å²) in [6.07, 6.45) is 5.14. The Kier molecular flexibility index (Phi) is 2.80. The van der Waals surface area contributed by atoms with Crippen LogP contribution in [0.15, 0.2) is 30.6 Å². The molecule has 1 aliphatic heterocycles. The number of para-hydroxylation sites is 1. The molecule has 4 rings (SSSR count). The highest BCUT2D eigenvalue weighted by atomic mass is 16.5. The van der Waals surface area contributed by atoms with E-state index in [2.05, 4.69) is 21.4 Å². The Balaban J connectivity index is 1.68. The summed E-state index contributed by atoms with van der Waals surface area (Å²) in [4.78, 5) is 8.82. The molecule has 1 aliphatic carbocycles. The first-order chi connectivity index (χ1) is 9.90. The average molecular weight is 267 g/mol. The summed E-state index contributed by atoms with van der Waals surface area (Å²) in [5.74, 6) is 2.76.